The molecule has 1 aliphatic carbocycles. The number of allylic oxidation sites excluding steroid dienone is 2. The Bertz CT molecular complexity index is 1060. The van der Waals surface area contributed by atoms with Crippen LogP contribution in [-0.4, -0.2) is 23.8 Å². The summed E-state index contributed by atoms with van der Waals surface area (Å²) in [7, 11) is 1.37. The van der Waals surface area contributed by atoms with Gasteiger partial charge in [-0.05, 0) is 43.0 Å². The first kappa shape index (κ1) is 17.3. The summed E-state index contributed by atoms with van der Waals surface area (Å²) in [5.74, 6) is -0.193. The van der Waals surface area contributed by atoms with E-state index in [0.717, 1.165) is 52.6 Å². The molecule has 27 heavy (non-hydrogen) atoms. The lowest BCUT2D eigenvalue weighted by molar-refractivity contribution is -0.113. The molecule has 3 aromatic rings. The van der Waals surface area contributed by atoms with Crippen molar-refractivity contribution in [2.24, 2.45) is 0 Å². The predicted octanol–water partition coefficient (Wildman–Crippen LogP) is 5.15. The zero-order chi connectivity index (χ0) is 18.8. The van der Waals surface area contributed by atoms with E-state index in [9.17, 15) is 9.59 Å². The number of ketones is 1. The van der Waals surface area contributed by atoms with Crippen LogP contribution in [0.25, 0.3) is 27.7 Å². The molecule has 0 unspecified atom stereocenters. The number of benzene rings is 2. The number of aromatic nitrogens is 1. The highest BCUT2D eigenvalue weighted by molar-refractivity contribution is 6.26. The van der Waals surface area contributed by atoms with Crippen molar-refractivity contribution in [1.29, 1.82) is 0 Å². The van der Waals surface area contributed by atoms with Crippen LogP contribution in [0.15, 0.2) is 54.6 Å². The molecule has 0 bridgehead atoms. The monoisotopic (exact) mass is 359 g/mol. The maximum atomic E-state index is 12.8. The minimum atomic E-state index is -0.376. The summed E-state index contributed by atoms with van der Waals surface area (Å²) in [6, 6.07) is 15.3. The number of aromatic amines is 1. The van der Waals surface area contributed by atoms with Crippen molar-refractivity contribution in [1.82, 2.24) is 4.98 Å². The zero-order valence-electron chi connectivity index (χ0n) is 15.2. The number of hydrogen-bond donors (Lipinski definition) is 1. The molecular weight excluding hydrogens is 338 g/mol. The highest BCUT2D eigenvalue weighted by Crippen LogP contribution is 2.37. The number of Topliss-reactive ketones (excluding diaryl/α,β-unsaturated/α-hetero) is 1. The number of hydrogen-bond acceptors (Lipinski definition) is 3. The van der Waals surface area contributed by atoms with Gasteiger partial charge in [0.25, 0.3) is 0 Å². The number of ether oxygens (including phenoxy) is 1. The van der Waals surface area contributed by atoms with Crippen LogP contribution >= 0.6 is 0 Å². The van der Waals surface area contributed by atoms with E-state index in [1.165, 1.54) is 7.11 Å². The fourth-order valence-electron chi connectivity index (χ4n) is 3.72. The van der Waals surface area contributed by atoms with Gasteiger partial charge in [0.1, 0.15) is 0 Å². The largest absolute Gasteiger partial charge is 0.465 e. The van der Waals surface area contributed by atoms with Crippen LogP contribution in [0.4, 0.5) is 0 Å². The van der Waals surface area contributed by atoms with Crippen molar-refractivity contribution in [3.05, 3.63) is 65.7 Å². The molecule has 2 aromatic carbocycles. The number of methoxy groups -OCH3 is 1. The highest BCUT2D eigenvalue weighted by atomic mass is 16.5. The normalized spacial score (nSPS) is 14.7. The molecule has 0 aliphatic heterocycles. The third-order valence-electron chi connectivity index (χ3n) is 5.05. The van der Waals surface area contributed by atoms with Gasteiger partial charge >= 0.3 is 5.97 Å². The Hall–Kier alpha value is -3.14. The Morgan fingerprint density at radius 2 is 1.93 bits per heavy atom. The predicted molar refractivity (Wildman–Crippen MR) is 107 cm³/mol. The molecule has 1 N–H and O–H groups in total. The number of carbonyl (C=O) groups is 2. The van der Waals surface area contributed by atoms with Gasteiger partial charge in [-0.2, -0.15) is 0 Å². The van der Waals surface area contributed by atoms with Gasteiger partial charge in [0.15, 0.2) is 5.78 Å². The van der Waals surface area contributed by atoms with Gasteiger partial charge in [0.2, 0.25) is 0 Å². The molecule has 4 nitrogen and oxygen atoms in total. The van der Waals surface area contributed by atoms with E-state index >= 15 is 0 Å². The smallest absolute Gasteiger partial charge is 0.337 e. The Balaban J connectivity index is 1.95. The molecule has 0 spiro atoms. The highest BCUT2D eigenvalue weighted by Gasteiger charge is 2.22. The Kier molecular flexibility index (Phi) is 4.63. The molecule has 1 aliphatic rings. The zero-order valence-corrected chi connectivity index (χ0v) is 15.2. The van der Waals surface area contributed by atoms with Crippen LogP contribution in [-0.2, 0) is 9.53 Å². The number of rotatable bonds is 3. The van der Waals surface area contributed by atoms with E-state index < -0.39 is 0 Å². The molecule has 136 valence electrons. The summed E-state index contributed by atoms with van der Waals surface area (Å²) < 4.78 is 4.85. The van der Waals surface area contributed by atoms with Gasteiger partial charge in [-0.3, -0.25) is 4.79 Å². The topological polar surface area (TPSA) is 59.2 Å². The first-order valence-electron chi connectivity index (χ1n) is 9.22. The fourth-order valence-corrected chi connectivity index (χ4v) is 3.72. The van der Waals surface area contributed by atoms with Crippen LogP contribution in [0.5, 0.6) is 0 Å². The maximum absolute atomic E-state index is 12.8. The third-order valence-corrected chi connectivity index (χ3v) is 5.05. The molecule has 4 heteroatoms. The summed E-state index contributed by atoms with van der Waals surface area (Å²) in [5, 5.41) is 1.03. The molecule has 0 amide bonds. The molecule has 0 atom stereocenters. The lowest BCUT2D eigenvalue weighted by Gasteiger charge is -2.09. The van der Waals surface area contributed by atoms with Crippen LogP contribution < -0.4 is 0 Å². The number of fused-ring (bicyclic) bond motifs is 1. The van der Waals surface area contributed by atoms with Crippen molar-refractivity contribution >= 4 is 28.2 Å². The van der Waals surface area contributed by atoms with Gasteiger partial charge in [-0.1, -0.05) is 36.4 Å². The number of esters is 1. The van der Waals surface area contributed by atoms with E-state index in [2.05, 4.69) is 11.1 Å². The van der Waals surface area contributed by atoms with E-state index in [1.807, 2.05) is 42.5 Å². The molecule has 0 saturated heterocycles. The lowest BCUT2D eigenvalue weighted by Crippen LogP contribution is -2.02. The number of carbonyl (C=O) groups excluding carboxylic acids is 2. The second-order valence-corrected chi connectivity index (χ2v) is 6.78. The fraction of sp³-hybridized carbons (Fsp3) is 0.217. The second-order valence-electron chi connectivity index (χ2n) is 6.78. The Morgan fingerprint density at radius 3 is 2.78 bits per heavy atom. The summed E-state index contributed by atoms with van der Waals surface area (Å²) in [4.78, 5) is 28.2. The van der Waals surface area contributed by atoms with Crippen LogP contribution in [0, 0.1) is 0 Å². The summed E-state index contributed by atoms with van der Waals surface area (Å²) >= 11 is 0. The van der Waals surface area contributed by atoms with E-state index in [0.29, 0.717) is 12.0 Å². The van der Waals surface area contributed by atoms with E-state index in [1.54, 1.807) is 6.07 Å². The molecule has 1 aromatic heterocycles. The third kappa shape index (κ3) is 3.19. The quantitative estimate of drug-likeness (QED) is 0.658. The van der Waals surface area contributed by atoms with Gasteiger partial charge in [0.05, 0.1) is 18.4 Å². The molecule has 0 saturated carbocycles. The number of nitrogens with one attached hydrogen (secondary N) is 1. The standard InChI is InChI=1S/C23H21NO3/c1-27-23(26)16-9-7-8-15(14-16)22-21(17-10-5-6-12-19(17)24-22)18-11-3-2-4-13-20(18)25/h5-12,14,24H,2-4,13H2,1H3. The number of para-hydroxylation sites is 1. The van der Waals surface area contributed by atoms with E-state index in [-0.39, 0.29) is 11.8 Å². The summed E-state index contributed by atoms with van der Waals surface area (Å²) in [6.45, 7) is 0. The summed E-state index contributed by atoms with van der Waals surface area (Å²) in [6.07, 6.45) is 5.51. The Labute approximate surface area is 157 Å². The molecule has 0 radical (unpaired) electrons. The average Bonchev–Trinajstić information content (AvgIpc) is 2.96. The van der Waals surface area contributed by atoms with Gasteiger partial charge in [-0.15, -0.1) is 0 Å². The average molecular weight is 359 g/mol. The summed E-state index contributed by atoms with van der Waals surface area (Å²) in [5.41, 5.74) is 4.90. The number of H-pyrrole nitrogens is 1. The minimum Gasteiger partial charge on any atom is -0.465 e. The maximum Gasteiger partial charge on any atom is 0.337 e. The molecule has 4 rings (SSSR count). The van der Waals surface area contributed by atoms with Gasteiger partial charge in [0, 0.05) is 28.5 Å². The molecular formula is C23H21NO3. The van der Waals surface area contributed by atoms with Crippen molar-refractivity contribution in [3.8, 4) is 11.3 Å². The van der Waals surface area contributed by atoms with Crippen molar-refractivity contribution in [2.45, 2.75) is 25.7 Å². The first-order valence-corrected chi connectivity index (χ1v) is 9.22. The van der Waals surface area contributed by atoms with E-state index in [4.69, 9.17) is 4.74 Å². The minimum absolute atomic E-state index is 0.183. The van der Waals surface area contributed by atoms with Crippen molar-refractivity contribution in [3.63, 3.8) is 0 Å². The molecule has 1 heterocycles. The SMILES string of the molecule is COC(=O)c1cccc(-c2[nH]c3ccccc3c2C2=CCCCCC2=O)c1. The van der Waals surface area contributed by atoms with Gasteiger partial charge < -0.3 is 9.72 Å². The van der Waals surface area contributed by atoms with Crippen LogP contribution in [0.1, 0.15) is 41.6 Å². The van der Waals surface area contributed by atoms with Gasteiger partial charge in [-0.25, -0.2) is 4.79 Å². The molecule has 0 fully saturated rings. The lowest BCUT2D eigenvalue weighted by atomic mass is 9.94. The van der Waals surface area contributed by atoms with Crippen LogP contribution in [0.3, 0.4) is 0 Å². The Morgan fingerprint density at radius 1 is 1.07 bits per heavy atom. The first-order chi connectivity index (χ1) is 13.2. The van der Waals surface area contributed by atoms with Crippen molar-refractivity contribution < 1.29 is 14.3 Å². The van der Waals surface area contributed by atoms with Crippen molar-refractivity contribution in [2.75, 3.05) is 7.11 Å². The van der Waals surface area contributed by atoms with Crippen LogP contribution in [0.2, 0.25) is 0 Å². The second kappa shape index (κ2) is 7.23.